The van der Waals surface area contributed by atoms with Crippen LogP contribution in [-0.2, 0) is 22.4 Å². The summed E-state index contributed by atoms with van der Waals surface area (Å²) in [5.74, 6) is 0.660. The third kappa shape index (κ3) is 4.43. The highest BCUT2D eigenvalue weighted by atomic mass is 16.5. The van der Waals surface area contributed by atoms with Crippen LogP contribution in [0.1, 0.15) is 49.8 Å². The van der Waals surface area contributed by atoms with Crippen molar-refractivity contribution in [1.82, 2.24) is 20.2 Å². The number of aromatic nitrogens is 2. The molecule has 1 aliphatic heterocycles. The number of hydrogen-bond donors (Lipinski definition) is 3. The number of imidazole rings is 1. The molecule has 2 aromatic carbocycles. The van der Waals surface area contributed by atoms with Gasteiger partial charge in [0.15, 0.2) is 0 Å². The van der Waals surface area contributed by atoms with Crippen molar-refractivity contribution < 1.29 is 14.3 Å². The Morgan fingerprint density at radius 1 is 1.14 bits per heavy atom. The van der Waals surface area contributed by atoms with Gasteiger partial charge in [-0.25, -0.2) is 9.78 Å². The third-order valence-electron chi connectivity index (χ3n) is 7.29. The zero-order valence-electron chi connectivity index (χ0n) is 21.0. The molecule has 0 bridgehead atoms. The maximum atomic E-state index is 13.5. The van der Waals surface area contributed by atoms with E-state index in [2.05, 4.69) is 28.5 Å². The molecule has 5 rings (SSSR count). The first-order chi connectivity index (χ1) is 17.4. The molecule has 1 fully saturated rings. The molecule has 3 aromatic rings. The van der Waals surface area contributed by atoms with Gasteiger partial charge in [0.1, 0.15) is 11.9 Å². The second-order valence-electron chi connectivity index (χ2n) is 9.99. The summed E-state index contributed by atoms with van der Waals surface area (Å²) in [5.41, 5.74) is 13.4. The van der Waals surface area contributed by atoms with Crippen LogP contribution in [0.4, 0.5) is 10.5 Å². The molecular formula is C28H33N5O3. The first kappa shape index (κ1) is 23.9. The van der Waals surface area contributed by atoms with Gasteiger partial charge < -0.3 is 25.7 Å². The molecule has 2 aliphatic rings. The lowest BCUT2D eigenvalue weighted by Crippen LogP contribution is -2.51. The van der Waals surface area contributed by atoms with E-state index >= 15 is 0 Å². The van der Waals surface area contributed by atoms with Gasteiger partial charge in [0.05, 0.1) is 18.8 Å². The Morgan fingerprint density at radius 3 is 2.61 bits per heavy atom. The summed E-state index contributed by atoms with van der Waals surface area (Å²) < 4.78 is 4.74. The number of anilines is 1. The predicted molar refractivity (Wildman–Crippen MR) is 139 cm³/mol. The largest absolute Gasteiger partial charge is 0.453 e. The van der Waals surface area contributed by atoms with Crippen LogP contribution in [-0.4, -0.2) is 46.6 Å². The fraction of sp³-hybridized carbons (Fsp3) is 0.393. The van der Waals surface area contributed by atoms with E-state index in [1.165, 1.54) is 18.2 Å². The molecule has 0 radical (unpaired) electrons. The van der Waals surface area contributed by atoms with Crippen molar-refractivity contribution in [2.45, 2.75) is 51.6 Å². The van der Waals surface area contributed by atoms with Gasteiger partial charge in [-0.3, -0.25) is 4.79 Å². The number of ether oxygens (including phenoxy) is 1. The lowest BCUT2D eigenvalue weighted by Gasteiger charge is -2.30. The maximum absolute atomic E-state index is 13.5. The minimum absolute atomic E-state index is 0.0650. The minimum Gasteiger partial charge on any atom is -0.453 e. The van der Waals surface area contributed by atoms with Gasteiger partial charge in [0, 0.05) is 23.5 Å². The number of amides is 2. The van der Waals surface area contributed by atoms with E-state index in [1.807, 2.05) is 43.0 Å². The second-order valence-corrected chi connectivity index (χ2v) is 9.99. The van der Waals surface area contributed by atoms with Crippen LogP contribution in [0.25, 0.3) is 22.4 Å². The van der Waals surface area contributed by atoms with Crippen molar-refractivity contribution >= 4 is 17.7 Å². The summed E-state index contributed by atoms with van der Waals surface area (Å²) >= 11 is 0. The second kappa shape index (κ2) is 9.68. The van der Waals surface area contributed by atoms with Crippen LogP contribution in [0, 0.1) is 5.92 Å². The van der Waals surface area contributed by atoms with Gasteiger partial charge in [-0.1, -0.05) is 44.2 Å². The number of fused-ring (bicyclic) bond motifs is 3. The number of nitrogen functional groups attached to an aromatic ring is 1. The van der Waals surface area contributed by atoms with Crippen LogP contribution in [0.3, 0.4) is 0 Å². The van der Waals surface area contributed by atoms with Gasteiger partial charge in [-0.2, -0.15) is 0 Å². The Balaban J connectivity index is 1.41. The van der Waals surface area contributed by atoms with Crippen molar-refractivity contribution in [3.63, 3.8) is 0 Å². The van der Waals surface area contributed by atoms with E-state index in [-0.39, 0.29) is 17.9 Å². The average molecular weight is 488 g/mol. The number of carbonyl (C=O) groups excluding carboxylic acids is 2. The summed E-state index contributed by atoms with van der Waals surface area (Å²) in [6.07, 6.45) is 2.94. The van der Waals surface area contributed by atoms with Crippen molar-refractivity contribution in [2.75, 3.05) is 19.4 Å². The molecule has 1 saturated heterocycles. The van der Waals surface area contributed by atoms with Crippen LogP contribution in [0.5, 0.6) is 0 Å². The molecular weight excluding hydrogens is 454 g/mol. The molecule has 0 saturated carbocycles. The number of aromatic amines is 1. The first-order valence-electron chi connectivity index (χ1n) is 12.6. The van der Waals surface area contributed by atoms with Crippen LogP contribution >= 0.6 is 0 Å². The Labute approximate surface area is 211 Å². The van der Waals surface area contributed by atoms with Gasteiger partial charge in [-0.15, -0.1) is 0 Å². The summed E-state index contributed by atoms with van der Waals surface area (Å²) in [6.45, 7) is 4.48. The zero-order chi connectivity index (χ0) is 25.4. The highest BCUT2D eigenvalue weighted by Gasteiger charge is 2.38. The monoisotopic (exact) mass is 487 g/mol. The number of likely N-dealkylation sites (tertiary alicyclic amines) is 1. The number of hydrogen-bond acceptors (Lipinski definition) is 5. The van der Waals surface area contributed by atoms with E-state index in [0.29, 0.717) is 6.54 Å². The predicted octanol–water partition coefficient (Wildman–Crippen LogP) is 4.47. The number of nitrogens with two attached hydrogens (primary N) is 1. The average Bonchev–Trinajstić information content (AvgIpc) is 3.54. The van der Waals surface area contributed by atoms with Gasteiger partial charge in [-0.05, 0) is 60.4 Å². The third-order valence-corrected chi connectivity index (χ3v) is 7.29. The molecule has 8 nitrogen and oxygen atoms in total. The number of nitrogens with one attached hydrogen (secondary N) is 2. The molecule has 2 atom stereocenters. The number of methoxy groups -OCH3 is 1. The highest BCUT2D eigenvalue weighted by molar-refractivity contribution is 5.86. The number of aryl methyl sites for hydroxylation is 2. The fourth-order valence-corrected chi connectivity index (χ4v) is 5.33. The SMILES string of the molecule is COC(=O)N[C@H](C(=O)N1CCC[C@H]1c1nc2c([nH]1)CCc1cc(-c3ccc(N)cc3)ccc1-2)C(C)C. The van der Waals surface area contributed by atoms with E-state index in [1.54, 1.807) is 0 Å². The molecule has 4 N–H and O–H groups in total. The van der Waals surface area contributed by atoms with Crippen molar-refractivity contribution in [3.8, 4) is 22.4 Å². The quantitative estimate of drug-likeness (QED) is 0.460. The smallest absolute Gasteiger partial charge is 0.407 e. The molecule has 1 aliphatic carbocycles. The standard InChI is InChI=1S/C28H33N5O3/c1-16(2)24(32-28(35)36-3)27(34)33-14-4-5-23(33)26-30-22-13-9-19-15-18(8-12-21(19)25(22)31-26)17-6-10-20(29)11-7-17/h6-8,10-12,15-16,23-24H,4-5,9,13-14,29H2,1-3H3,(H,30,31)(H,32,35)/t23-,24-/m0/s1. The molecule has 1 aromatic heterocycles. The number of alkyl carbamates (subject to hydrolysis) is 1. The normalized spacial score (nSPS) is 17.4. The summed E-state index contributed by atoms with van der Waals surface area (Å²) in [5, 5.41) is 2.71. The molecule has 188 valence electrons. The summed E-state index contributed by atoms with van der Waals surface area (Å²) in [7, 11) is 1.31. The number of carbonyl (C=O) groups is 2. The molecule has 2 heterocycles. The Hall–Kier alpha value is -3.81. The Morgan fingerprint density at radius 2 is 1.89 bits per heavy atom. The van der Waals surface area contributed by atoms with Crippen molar-refractivity contribution in [3.05, 3.63) is 59.5 Å². The number of H-pyrrole nitrogens is 1. The van der Waals surface area contributed by atoms with E-state index in [9.17, 15) is 9.59 Å². The maximum Gasteiger partial charge on any atom is 0.407 e. The summed E-state index contributed by atoms with van der Waals surface area (Å²) in [6, 6.07) is 13.7. The molecule has 2 amide bonds. The topological polar surface area (TPSA) is 113 Å². The van der Waals surface area contributed by atoms with Gasteiger partial charge >= 0.3 is 6.09 Å². The highest BCUT2D eigenvalue weighted by Crippen LogP contribution is 2.38. The van der Waals surface area contributed by atoms with Gasteiger partial charge in [0.2, 0.25) is 5.91 Å². The molecule has 36 heavy (non-hydrogen) atoms. The Bertz CT molecular complexity index is 1280. The fourth-order valence-electron chi connectivity index (χ4n) is 5.33. The summed E-state index contributed by atoms with van der Waals surface area (Å²) in [4.78, 5) is 35.7. The van der Waals surface area contributed by atoms with E-state index in [0.717, 1.165) is 59.7 Å². The lowest BCUT2D eigenvalue weighted by atomic mass is 9.89. The number of nitrogens with zero attached hydrogens (tertiary/aromatic N) is 2. The molecule has 0 spiro atoms. The lowest BCUT2D eigenvalue weighted by molar-refractivity contribution is -0.135. The van der Waals surface area contributed by atoms with Crippen LogP contribution in [0.2, 0.25) is 0 Å². The first-order valence-corrected chi connectivity index (χ1v) is 12.6. The number of benzene rings is 2. The van der Waals surface area contributed by atoms with Crippen LogP contribution < -0.4 is 11.1 Å². The zero-order valence-corrected chi connectivity index (χ0v) is 21.0. The van der Waals surface area contributed by atoms with Crippen molar-refractivity contribution in [2.24, 2.45) is 5.92 Å². The van der Waals surface area contributed by atoms with Crippen molar-refractivity contribution in [1.29, 1.82) is 0 Å². The molecule has 0 unspecified atom stereocenters. The minimum atomic E-state index is -0.643. The van der Waals surface area contributed by atoms with E-state index in [4.69, 9.17) is 15.5 Å². The molecule has 8 heteroatoms. The van der Waals surface area contributed by atoms with Gasteiger partial charge in [0.25, 0.3) is 0 Å². The number of rotatable bonds is 5. The van der Waals surface area contributed by atoms with E-state index < -0.39 is 12.1 Å². The van der Waals surface area contributed by atoms with Crippen LogP contribution in [0.15, 0.2) is 42.5 Å². The Kier molecular flexibility index (Phi) is 6.43.